The van der Waals surface area contributed by atoms with Crippen molar-refractivity contribution in [1.82, 2.24) is 5.32 Å². The number of hydrogen-bond donors (Lipinski definition) is 8. The van der Waals surface area contributed by atoms with Crippen molar-refractivity contribution in [2.24, 2.45) is 0 Å². The van der Waals surface area contributed by atoms with Gasteiger partial charge in [-0.1, -0.05) is 380 Å². The van der Waals surface area contributed by atoms with E-state index < -0.39 is 74.2 Å². The van der Waals surface area contributed by atoms with Crippen molar-refractivity contribution in [2.45, 2.75) is 448 Å². The van der Waals surface area contributed by atoms with Crippen molar-refractivity contribution in [3.8, 4) is 0 Å². The molecule has 0 aromatic carbocycles. The van der Waals surface area contributed by atoms with Crippen molar-refractivity contribution >= 4 is 5.91 Å². The van der Waals surface area contributed by atoms with E-state index in [0.29, 0.717) is 19.3 Å². The van der Waals surface area contributed by atoms with E-state index in [1.54, 1.807) is 0 Å². The van der Waals surface area contributed by atoms with Gasteiger partial charge in [-0.25, -0.2) is 0 Å². The van der Waals surface area contributed by atoms with Crippen molar-refractivity contribution in [3.05, 3.63) is 0 Å². The number of unbranched alkanes of at least 4 members (excludes halogenated alkanes) is 55. The quantitative estimate of drug-likeness (QED) is 0.0272. The van der Waals surface area contributed by atoms with E-state index in [9.17, 15) is 40.5 Å². The van der Waals surface area contributed by atoms with Gasteiger partial charge in [0, 0.05) is 0 Å². The molecule has 1 aliphatic rings. The standard InChI is InChI=1S/C73H145NO10/c1-3-5-7-9-11-13-15-17-19-21-23-25-27-29-31-33-35-37-39-41-43-45-47-49-51-53-55-57-59-61-66(77)72(82)74-64(63-83-73-71(81)70(80)69(79)67(62-75)84-73)68(78)65(76)60-58-56-54-52-50-48-46-44-42-40-38-36-34-32-30-28-26-24-22-20-18-16-14-12-10-8-6-4-2/h64-71,73,75-81H,3-63H2,1-2H3,(H,74,82). The molecule has 1 heterocycles. The SMILES string of the molecule is CCCCCCCCCCCCCCCCCCCCCCCCCCCCCCCC(O)C(=O)NC(COC1OC(CO)C(O)C(O)C1O)C(O)C(O)CCCCCCCCCCCCCCCCCCCCCCCCCCCCCC. The molecule has 0 aromatic rings. The molecule has 84 heavy (non-hydrogen) atoms. The van der Waals surface area contributed by atoms with Crippen molar-refractivity contribution in [2.75, 3.05) is 13.2 Å². The summed E-state index contributed by atoms with van der Waals surface area (Å²) in [6.45, 7) is 3.54. The van der Waals surface area contributed by atoms with Gasteiger partial charge < -0.3 is 50.5 Å². The topological polar surface area (TPSA) is 189 Å². The monoisotopic (exact) mass is 1200 g/mol. The van der Waals surface area contributed by atoms with E-state index in [0.717, 1.165) is 38.5 Å². The summed E-state index contributed by atoms with van der Waals surface area (Å²) in [5.41, 5.74) is 0. The van der Waals surface area contributed by atoms with Crippen LogP contribution < -0.4 is 5.32 Å². The molecule has 1 fully saturated rings. The number of ether oxygens (including phenoxy) is 2. The molecule has 8 N–H and O–H groups in total. The highest BCUT2D eigenvalue weighted by atomic mass is 16.7. The van der Waals surface area contributed by atoms with Crippen LogP contribution in [-0.2, 0) is 14.3 Å². The van der Waals surface area contributed by atoms with E-state index in [2.05, 4.69) is 19.2 Å². The Kier molecular flexibility index (Phi) is 60.2. The van der Waals surface area contributed by atoms with Gasteiger partial charge in [0.1, 0.15) is 36.6 Å². The van der Waals surface area contributed by atoms with Crippen LogP contribution in [0.3, 0.4) is 0 Å². The van der Waals surface area contributed by atoms with Crippen LogP contribution in [0.2, 0.25) is 0 Å². The lowest BCUT2D eigenvalue weighted by molar-refractivity contribution is -0.303. The van der Waals surface area contributed by atoms with Gasteiger partial charge in [0.2, 0.25) is 5.91 Å². The van der Waals surface area contributed by atoms with Gasteiger partial charge in [-0.05, 0) is 12.8 Å². The molecule has 1 rings (SSSR count). The first kappa shape index (κ1) is 81.1. The molecule has 11 heteroatoms. The molecule has 0 aromatic heterocycles. The molecule has 0 saturated carbocycles. The minimum absolute atomic E-state index is 0.268. The molecule has 11 nitrogen and oxygen atoms in total. The van der Waals surface area contributed by atoms with E-state index in [1.807, 2.05) is 0 Å². The van der Waals surface area contributed by atoms with Crippen LogP contribution in [0.5, 0.6) is 0 Å². The average molecular weight is 1200 g/mol. The lowest BCUT2D eigenvalue weighted by atomic mass is 9.98. The molecular weight excluding hydrogens is 1050 g/mol. The minimum atomic E-state index is -1.66. The number of hydrogen-bond acceptors (Lipinski definition) is 10. The summed E-state index contributed by atoms with van der Waals surface area (Å²) in [6.07, 6.45) is 64.8. The number of amides is 1. The smallest absolute Gasteiger partial charge is 0.249 e. The summed E-state index contributed by atoms with van der Waals surface area (Å²) in [5, 5.41) is 76.7. The fraction of sp³-hybridized carbons (Fsp3) is 0.986. The summed E-state index contributed by atoms with van der Waals surface area (Å²) in [4.78, 5) is 13.3. The fourth-order valence-corrected chi connectivity index (χ4v) is 12.7. The molecule has 502 valence electrons. The molecule has 1 amide bonds. The van der Waals surface area contributed by atoms with Gasteiger partial charge >= 0.3 is 0 Å². The number of rotatable bonds is 67. The number of nitrogens with one attached hydrogen (secondary N) is 1. The summed E-state index contributed by atoms with van der Waals surface area (Å²) in [7, 11) is 0. The second-order valence-electron chi connectivity index (χ2n) is 26.7. The highest BCUT2D eigenvalue weighted by molar-refractivity contribution is 5.80. The van der Waals surface area contributed by atoms with Crippen LogP contribution in [-0.4, -0.2) is 110 Å². The molecule has 0 spiro atoms. The van der Waals surface area contributed by atoms with Crippen LogP contribution in [0.4, 0.5) is 0 Å². The van der Waals surface area contributed by atoms with Crippen LogP contribution in [0, 0.1) is 0 Å². The van der Waals surface area contributed by atoms with E-state index in [-0.39, 0.29) is 6.42 Å². The Labute approximate surface area is 520 Å². The molecule has 1 aliphatic heterocycles. The Hall–Kier alpha value is -0.890. The molecule has 0 aliphatic carbocycles. The third-order valence-corrected chi connectivity index (χ3v) is 18.7. The predicted octanol–water partition coefficient (Wildman–Crippen LogP) is 18.4. The molecule has 0 bridgehead atoms. The third-order valence-electron chi connectivity index (χ3n) is 18.7. The summed E-state index contributed by atoms with van der Waals surface area (Å²) < 4.78 is 11.2. The highest BCUT2D eigenvalue weighted by Gasteiger charge is 2.44. The number of aliphatic hydroxyl groups excluding tert-OH is 7. The Bertz CT molecular complexity index is 1330. The van der Waals surface area contributed by atoms with Gasteiger partial charge in [-0.3, -0.25) is 4.79 Å². The van der Waals surface area contributed by atoms with Crippen molar-refractivity contribution in [1.29, 1.82) is 0 Å². The zero-order chi connectivity index (χ0) is 61.0. The van der Waals surface area contributed by atoms with Crippen LogP contribution in [0.25, 0.3) is 0 Å². The lowest BCUT2D eigenvalue weighted by Gasteiger charge is -2.40. The Morgan fingerprint density at radius 1 is 0.369 bits per heavy atom. The van der Waals surface area contributed by atoms with Crippen LogP contribution in [0.15, 0.2) is 0 Å². The van der Waals surface area contributed by atoms with E-state index in [1.165, 1.54) is 315 Å². The zero-order valence-electron chi connectivity index (χ0n) is 55.7. The number of carbonyl (C=O) groups excluding carboxylic acids is 1. The maximum absolute atomic E-state index is 13.3. The molecular formula is C73H145NO10. The van der Waals surface area contributed by atoms with Gasteiger partial charge in [-0.15, -0.1) is 0 Å². The summed E-state index contributed by atoms with van der Waals surface area (Å²) in [6, 6.07) is -1.16. The van der Waals surface area contributed by atoms with Crippen LogP contribution in [0.1, 0.15) is 393 Å². The Balaban J connectivity index is 2.16. The normalized spacial score (nSPS) is 18.8. The highest BCUT2D eigenvalue weighted by Crippen LogP contribution is 2.24. The minimum Gasteiger partial charge on any atom is -0.394 e. The zero-order valence-corrected chi connectivity index (χ0v) is 55.7. The first-order valence-electron chi connectivity index (χ1n) is 37.4. The van der Waals surface area contributed by atoms with Gasteiger partial charge in [0.15, 0.2) is 6.29 Å². The van der Waals surface area contributed by atoms with Gasteiger partial charge in [-0.2, -0.15) is 0 Å². The Morgan fingerprint density at radius 2 is 0.619 bits per heavy atom. The average Bonchev–Trinajstić information content (AvgIpc) is 3.66. The Morgan fingerprint density at radius 3 is 0.881 bits per heavy atom. The molecule has 9 atom stereocenters. The second kappa shape index (κ2) is 62.3. The summed E-state index contributed by atoms with van der Waals surface area (Å²) in [5.74, 6) is -0.686. The van der Waals surface area contributed by atoms with E-state index in [4.69, 9.17) is 9.47 Å². The number of carbonyl (C=O) groups is 1. The first-order chi connectivity index (χ1) is 41.2. The van der Waals surface area contributed by atoms with Gasteiger partial charge in [0.05, 0.1) is 25.4 Å². The molecule has 0 radical (unpaired) electrons. The first-order valence-corrected chi connectivity index (χ1v) is 37.4. The fourth-order valence-electron chi connectivity index (χ4n) is 12.7. The van der Waals surface area contributed by atoms with Crippen LogP contribution >= 0.6 is 0 Å². The summed E-state index contributed by atoms with van der Waals surface area (Å²) >= 11 is 0. The molecule has 9 unspecified atom stereocenters. The van der Waals surface area contributed by atoms with Crippen molar-refractivity contribution in [3.63, 3.8) is 0 Å². The second-order valence-corrected chi connectivity index (χ2v) is 26.7. The molecule has 1 saturated heterocycles. The number of aliphatic hydroxyl groups is 7. The lowest BCUT2D eigenvalue weighted by Crippen LogP contribution is -2.60. The predicted molar refractivity (Wildman–Crippen MR) is 353 cm³/mol. The van der Waals surface area contributed by atoms with Gasteiger partial charge in [0.25, 0.3) is 0 Å². The van der Waals surface area contributed by atoms with Crippen molar-refractivity contribution < 1.29 is 50.0 Å². The van der Waals surface area contributed by atoms with E-state index >= 15 is 0 Å². The maximum atomic E-state index is 13.3. The third kappa shape index (κ3) is 49.0. The largest absolute Gasteiger partial charge is 0.394 e. The maximum Gasteiger partial charge on any atom is 0.249 e.